The van der Waals surface area contributed by atoms with E-state index < -0.39 is 12.0 Å². The number of nitrogens with zero attached hydrogens (tertiary/aromatic N) is 1. The number of rotatable bonds is 7. The summed E-state index contributed by atoms with van der Waals surface area (Å²) in [5.41, 5.74) is 1.20. The Morgan fingerprint density at radius 1 is 1.33 bits per heavy atom. The van der Waals surface area contributed by atoms with Crippen LogP contribution in [0.15, 0.2) is 34.9 Å². The number of hydrogen-bond donors (Lipinski definition) is 2. The highest BCUT2D eigenvalue weighted by atomic mass is 35.5. The van der Waals surface area contributed by atoms with Gasteiger partial charge in [0, 0.05) is 10.6 Å². The van der Waals surface area contributed by atoms with Crippen LogP contribution in [-0.2, 0) is 16.0 Å². The maximum atomic E-state index is 12.0. The lowest BCUT2D eigenvalue weighted by Gasteiger charge is -2.13. The SMILES string of the molecule is O=C(Cc1coc(-c2ccc(Cl)cc2)n1)NC(CC1CC1)C(=O)O. The van der Waals surface area contributed by atoms with Crippen LogP contribution in [0.1, 0.15) is 25.0 Å². The number of carboxylic acids is 1. The molecule has 7 heteroatoms. The number of oxazole rings is 1. The number of halogens is 1. The summed E-state index contributed by atoms with van der Waals surface area (Å²) in [6.45, 7) is 0. The van der Waals surface area contributed by atoms with Gasteiger partial charge in [-0.2, -0.15) is 0 Å². The van der Waals surface area contributed by atoms with E-state index in [1.54, 1.807) is 24.3 Å². The van der Waals surface area contributed by atoms with E-state index in [0.717, 1.165) is 18.4 Å². The quantitative estimate of drug-likeness (QED) is 0.802. The Hall–Kier alpha value is -2.34. The number of carbonyl (C=O) groups excluding carboxylic acids is 1. The van der Waals surface area contributed by atoms with Crippen LogP contribution >= 0.6 is 11.6 Å². The fourth-order valence-electron chi connectivity index (χ4n) is 2.43. The smallest absolute Gasteiger partial charge is 0.326 e. The van der Waals surface area contributed by atoms with Crippen molar-refractivity contribution in [1.82, 2.24) is 10.3 Å². The van der Waals surface area contributed by atoms with Crippen molar-refractivity contribution in [3.05, 3.63) is 41.2 Å². The van der Waals surface area contributed by atoms with Crippen molar-refractivity contribution in [3.63, 3.8) is 0 Å². The van der Waals surface area contributed by atoms with Gasteiger partial charge >= 0.3 is 5.97 Å². The van der Waals surface area contributed by atoms with E-state index in [9.17, 15) is 14.7 Å². The highest BCUT2D eigenvalue weighted by Gasteiger charge is 2.30. The van der Waals surface area contributed by atoms with Gasteiger partial charge in [-0.25, -0.2) is 9.78 Å². The van der Waals surface area contributed by atoms with Gasteiger partial charge in [-0.3, -0.25) is 4.79 Å². The third-order valence-electron chi connectivity index (χ3n) is 3.88. The lowest BCUT2D eigenvalue weighted by atomic mass is 10.1. The number of aromatic nitrogens is 1. The average Bonchev–Trinajstić information content (AvgIpc) is 3.24. The van der Waals surface area contributed by atoms with Crippen LogP contribution in [0, 0.1) is 5.92 Å². The van der Waals surface area contributed by atoms with Crippen molar-refractivity contribution in [2.24, 2.45) is 5.92 Å². The van der Waals surface area contributed by atoms with Crippen molar-refractivity contribution < 1.29 is 19.1 Å². The van der Waals surface area contributed by atoms with Gasteiger partial charge in [0.1, 0.15) is 12.3 Å². The largest absolute Gasteiger partial charge is 0.480 e. The van der Waals surface area contributed by atoms with Gasteiger partial charge in [0.25, 0.3) is 0 Å². The number of carbonyl (C=O) groups is 2. The summed E-state index contributed by atoms with van der Waals surface area (Å²) in [6, 6.07) is 6.15. The highest BCUT2D eigenvalue weighted by Crippen LogP contribution is 2.33. The third-order valence-corrected chi connectivity index (χ3v) is 4.14. The zero-order chi connectivity index (χ0) is 17.1. The summed E-state index contributed by atoms with van der Waals surface area (Å²) < 4.78 is 5.37. The molecule has 0 bridgehead atoms. The number of carboxylic acid groups (broad SMARTS) is 1. The summed E-state index contributed by atoms with van der Waals surface area (Å²) in [6.07, 6.45) is 3.93. The fourth-order valence-corrected chi connectivity index (χ4v) is 2.56. The second kappa shape index (κ2) is 7.05. The molecule has 1 heterocycles. The van der Waals surface area contributed by atoms with Crippen LogP contribution < -0.4 is 5.32 Å². The van der Waals surface area contributed by atoms with Gasteiger partial charge in [0.05, 0.1) is 12.1 Å². The number of amides is 1. The Kier molecular flexibility index (Phi) is 4.85. The number of nitrogens with one attached hydrogen (secondary N) is 1. The van der Waals surface area contributed by atoms with Gasteiger partial charge in [-0.15, -0.1) is 0 Å². The number of aliphatic carboxylic acids is 1. The number of benzene rings is 1. The summed E-state index contributed by atoms with van der Waals surface area (Å²) in [5.74, 6) is -0.576. The van der Waals surface area contributed by atoms with E-state index >= 15 is 0 Å². The van der Waals surface area contributed by atoms with Crippen molar-refractivity contribution >= 4 is 23.5 Å². The fraction of sp³-hybridized carbons (Fsp3) is 0.353. The van der Waals surface area contributed by atoms with Gasteiger partial charge < -0.3 is 14.8 Å². The maximum absolute atomic E-state index is 12.0. The first-order valence-corrected chi connectivity index (χ1v) is 8.11. The molecule has 1 amide bonds. The molecule has 0 spiro atoms. The molecule has 1 aromatic carbocycles. The molecule has 0 aliphatic heterocycles. The molecule has 1 unspecified atom stereocenters. The van der Waals surface area contributed by atoms with Crippen molar-refractivity contribution in [3.8, 4) is 11.5 Å². The second-order valence-corrected chi connectivity index (χ2v) is 6.40. The van der Waals surface area contributed by atoms with Crippen LogP contribution in [-0.4, -0.2) is 28.0 Å². The van der Waals surface area contributed by atoms with E-state index in [2.05, 4.69) is 10.3 Å². The first-order chi connectivity index (χ1) is 11.5. The monoisotopic (exact) mass is 348 g/mol. The zero-order valence-corrected chi connectivity index (χ0v) is 13.6. The molecule has 2 N–H and O–H groups in total. The number of hydrogen-bond acceptors (Lipinski definition) is 4. The van der Waals surface area contributed by atoms with Crippen LogP contribution in [0.25, 0.3) is 11.5 Å². The molecular weight excluding hydrogens is 332 g/mol. The van der Waals surface area contributed by atoms with E-state index in [4.69, 9.17) is 16.0 Å². The molecule has 1 aliphatic carbocycles. The van der Waals surface area contributed by atoms with Gasteiger partial charge in [-0.1, -0.05) is 24.4 Å². The maximum Gasteiger partial charge on any atom is 0.326 e. The molecule has 3 rings (SSSR count). The molecule has 6 nitrogen and oxygen atoms in total. The molecule has 1 atom stereocenters. The summed E-state index contributed by atoms with van der Waals surface area (Å²) >= 11 is 5.84. The highest BCUT2D eigenvalue weighted by molar-refractivity contribution is 6.30. The molecule has 126 valence electrons. The van der Waals surface area contributed by atoms with Crippen LogP contribution in [0.2, 0.25) is 5.02 Å². The lowest BCUT2D eigenvalue weighted by molar-refractivity contribution is -0.142. The third kappa shape index (κ3) is 4.35. The summed E-state index contributed by atoms with van der Waals surface area (Å²) in [5, 5.41) is 12.3. The predicted molar refractivity (Wildman–Crippen MR) is 87.6 cm³/mol. The predicted octanol–water partition coefficient (Wildman–Crippen LogP) is 2.91. The Bertz CT molecular complexity index is 737. The summed E-state index contributed by atoms with van der Waals surface area (Å²) in [7, 11) is 0. The van der Waals surface area contributed by atoms with Gasteiger partial charge in [0.15, 0.2) is 0 Å². The van der Waals surface area contributed by atoms with Gasteiger partial charge in [-0.05, 0) is 36.6 Å². The van der Waals surface area contributed by atoms with E-state index in [1.807, 2.05) is 0 Å². The Morgan fingerprint density at radius 3 is 2.67 bits per heavy atom. The molecule has 0 radical (unpaired) electrons. The van der Waals surface area contributed by atoms with Crippen LogP contribution in [0.3, 0.4) is 0 Å². The molecule has 1 aromatic heterocycles. The van der Waals surface area contributed by atoms with E-state index in [0.29, 0.717) is 28.9 Å². The van der Waals surface area contributed by atoms with Crippen molar-refractivity contribution in [2.45, 2.75) is 31.7 Å². The first-order valence-electron chi connectivity index (χ1n) is 7.74. The normalized spacial score (nSPS) is 15.0. The minimum atomic E-state index is -1.00. The summed E-state index contributed by atoms with van der Waals surface area (Å²) in [4.78, 5) is 27.5. The Morgan fingerprint density at radius 2 is 2.04 bits per heavy atom. The average molecular weight is 349 g/mol. The molecule has 2 aromatic rings. The van der Waals surface area contributed by atoms with Crippen molar-refractivity contribution in [2.75, 3.05) is 0 Å². The Labute approximate surface area is 143 Å². The standard InChI is InChI=1S/C17H17ClN2O4/c18-12-5-3-11(4-6-12)16-19-13(9-24-16)8-15(21)20-14(17(22)23)7-10-1-2-10/h3-6,9-10,14H,1-2,7-8H2,(H,20,21)(H,22,23). The van der Waals surface area contributed by atoms with E-state index in [1.165, 1.54) is 6.26 Å². The molecule has 1 fully saturated rings. The van der Waals surface area contributed by atoms with Crippen LogP contribution in [0.5, 0.6) is 0 Å². The Balaban J connectivity index is 1.60. The molecule has 0 saturated heterocycles. The minimum absolute atomic E-state index is 0.0223. The van der Waals surface area contributed by atoms with Crippen molar-refractivity contribution in [1.29, 1.82) is 0 Å². The zero-order valence-electron chi connectivity index (χ0n) is 12.9. The minimum Gasteiger partial charge on any atom is -0.480 e. The first kappa shape index (κ1) is 16.5. The molecule has 1 saturated carbocycles. The second-order valence-electron chi connectivity index (χ2n) is 5.97. The molecule has 1 aliphatic rings. The van der Waals surface area contributed by atoms with Gasteiger partial charge in [0.2, 0.25) is 11.8 Å². The molecular formula is C17H17ClN2O4. The van der Waals surface area contributed by atoms with Crippen LogP contribution in [0.4, 0.5) is 0 Å². The lowest BCUT2D eigenvalue weighted by Crippen LogP contribution is -2.41. The van der Waals surface area contributed by atoms with E-state index in [-0.39, 0.29) is 12.3 Å². The topological polar surface area (TPSA) is 92.4 Å². The molecule has 24 heavy (non-hydrogen) atoms.